The molecule has 1 aromatic carbocycles. The Bertz CT molecular complexity index is 459. The van der Waals surface area contributed by atoms with E-state index < -0.39 is 0 Å². The van der Waals surface area contributed by atoms with Gasteiger partial charge in [0.1, 0.15) is 5.82 Å². The predicted molar refractivity (Wildman–Crippen MR) is 89.6 cm³/mol. The molecule has 1 aliphatic rings. The number of benzene rings is 1. The molecule has 118 valence electrons. The van der Waals surface area contributed by atoms with E-state index in [0.717, 1.165) is 11.6 Å². The third kappa shape index (κ3) is 4.36. The number of anilines is 2. The molecule has 0 heterocycles. The molecule has 2 atom stereocenters. The lowest BCUT2D eigenvalue weighted by Crippen LogP contribution is -2.26. The normalized spacial score (nSPS) is 23.0. The average molecular weight is 292 g/mol. The summed E-state index contributed by atoms with van der Waals surface area (Å²) in [7, 11) is 1.93. The first-order valence-corrected chi connectivity index (χ1v) is 8.26. The number of hydrogen-bond donors (Lipinski definition) is 1. The molecule has 0 aliphatic heterocycles. The Labute approximate surface area is 128 Å². The predicted octanol–water partition coefficient (Wildman–Crippen LogP) is 5.05. The van der Waals surface area contributed by atoms with E-state index in [4.69, 9.17) is 0 Å². The minimum atomic E-state index is -0.141. The second-order valence-corrected chi connectivity index (χ2v) is 6.83. The molecule has 2 nitrogen and oxygen atoms in total. The van der Waals surface area contributed by atoms with Gasteiger partial charge in [-0.25, -0.2) is 4.39 Å². The molecule has 21 heavy (non-hydrogen) atoms. The van der Waals surface area contributed by atoms with Crippen LogP contribution in [0.4, 0.5) is 15.8 Å². The summed E-state index contributed by atoms with van der Waals surface area (Å²) in [6.45, 7) is 6.47. The quantitative estimate of drug-likeness (QED) is 0.781. The van der Waals surface area contributed by atoms with Crippen molar-refractivity contribution >= 4 is 11.4 Å². The summed E-state index contributed by atoms with van der Waals surface area (Å²) in [4.78, 5) is 1.96. The van der Waals surface area contributed by atoms with Gasteiger partial charge in [0.2, 0.25) is 0 Å². The molecule has 1 N–H and O–H groups in total. The molecular weight excluding hydrogens is 263 g/mol. The van der Waals surface area contributed by atoms with Crippen LogP contribution in [0.15, 0.2) is 18.2 Å². The van der Waals surface area contributed by atoms with E-state index in [1.807, 2.05) is 24.1 Å². The zero-order valence-corrected chi connectivity index (χ0v) is 13.8. The Hall–Kier alpha value is -1.25. The fourth-order valence-electron chi connectivity index (χ4n) is 3.03. The molecule has 0 bridgehead atoms. The van der Waals surface area contributed by atoms with E-state index in [9.17, 15) is 4.39 Å². The minimum Gasteiger partial charge on any atom is -0.382 e. The van der Waals surface area contributed by atoms with Crippen molar-refractivity contribution in [3.8, 4) is 0 Å². The molecule has 2 unspecified atom stereocenters. The van der Waals surface area contributed by atoms with Gasteiger partial charge in [-0.2, -0.15) is 0 Å². The number of nitrogens with one attached hydrogen (secondary N) is 1. The highest BCUT2D eigenvalue weighted by atomic mass is 19.1. The van der Waals surface area contributed by atoms with Crippen molar-refractivity contribution in [2.45, 2.75) is 65.0 Å². The van der Waals surface area contributed by atoms with Crippen LogP contribution in [0.1, 0.15) is 52.9 Å². The van der Waals surface area contributed by atoms with E-state index in [1.54, 1.807) is 6.07 Å². The van der Waals surface area contributed by atoms with Gasteiger partial charge in [0.15, 0.2) is 0 Å². The van der Waals surface area contributed by atoms with Crippen LogP contribution in [0.2, 0.25) is 0 Å². The summed E-state index contributed by atoms with van der Waals surface area (Å²) >= 11 is 0. The maximum Gasteiger partial charge on any atom is 0.148 e. The Morgan fingerprint density at radius 2 is 1.95 bits per heavy atom. The largest absolute Gasteiger partial charge is 0.382 e. The zero-order valence-electron chi connectivity index (χ0n) is 13.8. The molecule has 0 saturated heterocycles. The van der Waals surface area contributed by atoms with Gasteiger partial charge < -0.3 is 10.2 Å². The third-order valence-electron chi connectivity index (χ3n) is 4.73. The monoisotopic (exact) mass is 292 g/mol. The fraction of sp³-hybridized carbons (Fsp3) is 0.667. The van der Waals surface area contributed by atoms with Crippen LogP contribution in [0.3, 0.4) is 0 Å². The lowest BCUT2D eigenvalue weighted by molar-refractivity contribution is 0.502. The van der Waals surface area contributed by atoms with Crippen molar-refractivity contribution in [1.82, 2.24) is 0 Å². The van der Waals surface area contributed by atoms with Crippen LogP contribution in [0.5, 0.6) is 0 Å². The van der Waals surface area contributed by atoms with Crippen molar-refractivity contribution in [1.29, 1.82) is 0 Å². The van der Waals surface area contributed by atoms with E-state index >= 15 is 0 Å². The lowest BCUT2D eigenvalue weighted by atomic mass is 10.0. The van der Waals surface area contributed by atoms with E-state index in [-0.39, 0.29) is 5.82 Å². The number of halogens is 1. The lowest BCUT2D eigenvalue weighted by Gasteiger charge is -2.25. The Morgan fingerprint density at radius 1 is 1.19 bits per heavy atom. The number of rotatable bonds is 4. The highest BCUT2D eigenvalue weighted by Crippen LogP contribution is 2.27. The Kier molecular flexibility index (Phi) is 5.49. The topological polar surface area (TPSA) is 15.3 Å². The first kappa shape index (κ1) is 16.1. The van der Waals surface area contributed by atoms with E-state index in [0.29, 0.717) is 17.8 Å². The summed E-state index contributed by atoms with van der Waals surface area (Å²) < 4.78 is 14.3. The van der Waals surface area contributed by atoms with Crippen LogP contribution in [-0.4, -0.2) is 19.1 Å². The van der Waals surface area contributed by atoms with Gasteiger partial charge >= 0.3 is 0 Å². The fourth-order valence-corrected chi connectivity index (χ4v) is 3.03. The number of nitrogens with zero attached hydrogens (tertiary/aromatic N) is 1. The molecule has 0 aromatic heterocycles. The summed E-state index contributed by atoms with van der Waals surface area (Å²) in [6.07, 6.45) is 6.25. The van der Waals surface area contributed by atoms with Crippen molar-refractivity contribution in [3.63, 3.8) is 0 Å². The highest BCUT2D eigenvalue weighted by Gasteiger charge is 2.17. The van der Waals surface area contributed by atoms with Gasteiger partial charge in [-0.1, -0.05) is 19.8 Å². The smallest absolute Gasteiger partial charge is 0.148 e. The summed E-state index contributed by atoms with van der Waals surface area (Å²) in [5.41, 5.74) is 1.58. The molecule has 3 heteroatoms. The maximum atomic E-state index is 14.3. The van der Waals surface area contributed by atoms with Gasteiger partial charge in [0, 0.05) is 24.8 Å². The van der Waals surface area contributed by atoms with E-state index in [1.165, 1.54) is 32.1 Å². The van der Waals surface area contributed by atoms with Crippen molar-refractivity contribution in [2.24, 2.45) is 5.92 Å². The average Bonchev–Trinajstić information content (AvgIpc) is 2.63. The van der Waals surface area contributed by atoms with Crippen LogP contribution in [0.25, 0.3) is 0 Å². The van der Waals surface area contributed by atoms with Gasteiger partial charge in [0.05, 0.1) is 5.69 Å². The summed E-state index contributed by atoms with van der Waals surface area (Å²) in [6, 6.07) is 6.31. The molecule has 1 aromatic rings. The Balaban J connectivity index is 2.03. The molecule has 1 saturated carbocycles. The summed E-state index contributed by atoms with van der Waals surface area (Å²) in [5.74, 6) is 0.689. The van der Waals surface area contributed by atoms with Crippen LogP contribution >= 0.6 is 0 Å². The second kappa shape index (κ2) is 7.15. The first-order valence-electron chi connectivity index (χ1n) is 8.26. The molecular formula is C18H29FN2. The second-order valence-electron chi connectivity index (χ2n) is 6.83. The van der Waals surface area contributed by atoms with Crippen LogP contribution < -0.4 is 10.2 Å². The van der Waals surface area contributed by atoms with Crippen LogP contribution in [0, 0.1) is 11.7 Å². The molecule has 1 aliphatic carbocycles. The maximum absolute atomic E-state index is 14.3. The highest BCUT2D eigenvalue weighted by molar-refractivity contribution is 5.56. The molecule has 0 spiro atoms. The van der Waals surface area contributed by atoms with Crippen molar-refractivity contribution < 1.29 is 4.39 Å². The number of hydrogen-bond acceptors (Lipinski definition) is 2. The molecule has 0 amide bonds. The SMILES string of the molecule is CC1CCCC(Nc2ccc(N(C)C(C)C)c(F)c2)CC1. The Morgan fingerprint density at radius 3 is 2.62 bits per heavy atom. The van der Waals surface area contributed by atoms with Gasteiger partial charge in [-0.05, 0) is 57.2 Å². The van der Waals surface area contributed by atoms with E-state index in [2.05, 4.69) is 26.1 Å². The van der Waals surface area contributed by atoms with Gasteiger partial charge in [-0.15, -0.1) is 0 Å². The molecule has 0 radical (unpaired) electrons. The summed E-state index contributed by atoms with van der Waals surface area (Å²) in [5, 5.41) is 3.52. The van der Waals surface area contributed by atoms with Crippen LogP contribution in [-0.2, 0) is 0 Å². The van der Waals surface area contributed by atoms with Gasteiger partial charge in [-0.3, -0.25) is 0 Å². The standard InChI is InChI=1S/C18H29FN2/c1-13(2)21(4)18-11-10-16(12-17(18)19)20-15-7-5-6-14(3)8-9-15/h10-15,20H,5-9H2,1-4H3. The zero-order chi connectivity index (χ0) is 15.4. The minimum absolute atomic E-state index is 0.141. The van der Waals surface area contributed by atoms with Crippen molar-refractivity contribution in [2.75, 3.05) is 17.3 Å². The molecule has 2 rings (SSSR count). The third-order valence-corrected chi connectivity index (χ3v) is 4.73. The van der Waals surface area contributed by atoms with Gasteiger partial charge in [0.25, 0.3) is 0 Å². The first-order chi connectivity index (χ1) is 9.97. The van der Waals surface area contributed by atoms with Crippen molar-refractivity contribution in [3.05, 3.63) is 24.0 Å². The molecule has 1 fully saturated rings.